The van der Waals surface area contributed by atoms with Crippen molar-refractivity contribution in [3.05, 3.63) is 59.8 Å². The number of hydrogen-bond donors (Lipinski definition) is 0. The molecule has 0 atom stereocenters. The van der Waals surface area contributed by atoms with Crippen LogP contribution in [0.4, 0.5) is 0 Å². The molecule has 0 radical (unpaired) electrons. The highest BCUT2D eigenvalue weighted by Crippen LogP contribution is 2.32. The lowest BCUT2D eigenvalue weighted by Gasteiger charge is -2.17. The zero-order valence-electron chi connectivity index (χ0n) is 15.6. The molecule has 134 valence electrons. The van der Waals surface area contributed by atoms with Crippen LogP contribution in [0.15, 0.2) is 48.7 Å². The van der Waals surface area contributed by atoms with Crippen molar-refractivity contribution >= 4 is 10.9 Å². The third-order valence-corrected chi connectivity index (χ3v) is 6.33. The molecule has 2 heteroatoms. The second kappa shape index (κ2) is 6.92. The highest BCUT2D eigenvalue weighted by molar-refractivity contribution is 5.95. The average molecular weight is 345 g/mol. The van der Waals surface area contributed by atoms with E-state index >= 15 is 0 Å². The van der Waals surface area contributed by atoms with Crippen molar-refractivity contribution in [1.29, 1.82) is 0 Å². The van der Waals surface area contributed by atoms with E-state index in [1.54, 1.807) is 11.1 Å². The number of aromatic nitrogens is 1. The minimum absolute atomic E-state index is 1.09. The molecule has 2 heterocycles. The highest BCUT2D eigenvalue weighted by Gasteiger charge is 2.14. The third-order valence-electron chi connectivity index (χ3n) is 6.33. The summed E-state index contributed by atoms with van der Waals surface area (Å²) in [6, 6.07) is 16.3. The van der Waals surface area contributed by atoms with Gasteiger partial charge in [0, 0.05) is 30.2 Å². The van der Waals surface area contributed by atoms with Gasteiger partial charge in [-0.15, -0.1) is 0 Å². The predicted molar refractivity (Wildman–Crippen MR) is 110 cm³/mol. The van der Waals surface area contributed by atoms with Gasteiger partial charge in [-0.1, -0.05) is 30.3 Å². The van der Waals surface area contributed by atoms with E-state index in [1.165, 1.54) is 80.2 Å². The van der Waals surface area contributed by atoms with Gasteiger partial charge in [0.1, 0.15) is 0 Å². The Morgan fingerprint density at radius 1 is 0.769 bits per heavy atom. The summed E-state index contributed by atoms with van der Waals surface area (Å²) in [7, 11) is 0. The van der Waals surface area contributed by atoms with Crippen LogP contribution in [0.2, 0.25) is 0 Å². The topological polar surface area (TPSA) is 8.17 Å². The summed E-state index contributed by atoms with van der Waals surface area (Å²) < 4.78 is 2.44. The second-order valence-electron chi connectivity index (χ2n) is 7.99. The van der Waals surface area contributed by atoms with Crippen LogP contribution in [-0.2, 0) is 19.4 Å². The van der Waals surface area contributed by atoms with Crippen molar-refractivity contribution in [1.82, 2.24) is 9.47 Å². The summed E-state index contributed by atoms with van der Waals surface area (Å²) in [6.07, 6.45) is 10.2. The van der Waals surface area contributed by atoms with Crippen molar-refractivity contribution in [3.8, 4) is 11.1 Å². The van der Waals surface area contributed by atoms with Crippen molar-refractivity contribution in [3.63, 3.8) is 0 Å². The summed E-state index contributed by atoms with van der Waals surface area (Å²) in [5, 5.41) is 1.39. The normalized spacial score (nSPS) is 17.7. The zero-order valence-corrected chi connectivity index (χ0v) is 15.6. The molecule has 1 aliphatic carbocycles. The van der Waals surface area contributed by atoms with Crippen LogP contribution in [0.25, 0.3) is 22.0 Å². The van der Waals surface area contributed by atoms with Gasteiger partial charge >= 0.3 is 0 Å². The van der Waals surface area contributed by atoms with E-state index in [-0.39, 0.29) is 0 Å². The smallest absolute Gasteiger partial charge is 0.0486 e. The number of hydrogen-bond acceptors (Lipinski definition) is 1. The highest BCUT2D eigenvalue weighted by atomic mass is 15.2. The van der Waals surface area contributed by atoms with Crippen LogP contribution in [0, 0.1) is 0 Å². The zero-order chi connectivity index (χ0) is 17.3. The van der Waals surface area contributed by atoms with E-state index in [0.29, 0.717) is 0 Å². The Labute approximate surface area is 156 Å². The first-order chi connectivity index (χ1) is 12.9. The lowest BCUT2D eigenvalue weighted by molar-refractivity contribution is 0.324. The van der Waals surface area contributed by atoms with Crippen molar-refractivity contribution in [2.45, 2.75) is 45.1 Å². The van der Waals surface area contributed by atoms with Crippen LogP contribution >= 0.6 is 0 Å². The maximum absolute atomic E-state index is 2.60. The lowest BCUT2D eigenvalue weighted by Crippen LogP contribution is -2.23. The monoisotopic (exact) mass is 344 g/mol. The van der Waals surface area contributed by atoms with E-state index in [2.05, 4.69) is 58.1 Å². The molecule has 0 bridgehead atoms. The molecule has 0 saturated carbocycles. The maximum Gasteiger partial charge on any atom is 0.0486 e. The van der Waals surface area contributed by atoms with Gasteiger partial charge in [-0.2, -0.15) is 0 Å². The molecule has 0 amide bonds. The molecule has 0 N–H and O–H groups in total. The molecule has 26 heavy (non-hydrogen) atoms. The van der Waals surface area contributed by atoms with Gasteiger partial charge in [-0.3, -0.25) is 0 Å². The van der Waals surface area contributed by atoms with Crippen LogP contribution < -0.4 is 0 Å². The third kappa shape index (κ3) is 2.97. The number of likely N-dealkylation sites (tertiary alicyclic amines) is 1. The Kier molecular flexibility index (Phi) is 4.30. The summed E-state index contributed by atoms with van der Waals surface area (Å²) in [5.74, 6) is 0. The number of benzene rings is 2. The molecule has 2 aromatic carbocycles. The molecule has 5 rings (SSSR count). The summed E-state index contributed by atoms with van der Waals surface area (Å²) in [6.45, 7) is 4.82. The van der Waals surface area contributed by atoms with E-state index in [4.69, 9.17) is 0 Å². The molecular formula is C24H28N2. The van der Waals surface area contributed by atoms with Gasteiger partial charge < -0.3 is 9.47 Å². The van der Waals surface area contributed by atoms with Gasteiger partial charge in [0.05, 0.1) is 0 Å². The summed E-state index contributed by atoms with van der Waals surface area (Å²) in [4.78, 5) is 2.60. The fourth-order valence-electron chi connectivity index (χ4n) is 4.83. The number of nitrogens with zero attached hydrogens (tertiary/aromatic N) is 2. The van der Waals surface area contributed by atoms with Crippen LogP contribution in [-0.4, -0.2) is 29.1 Å². The standard InChI is InChI=1S/C24H28N2/c1-2-7-20-18-21(11-10-19(20)6-1)22-8-5-9-24-23(22)12-15-26(24)17-16-25-13-3-4-14-25/h5,8-12,15,18H,1-4,6-7,13-14,16-17H2. The number of rotatable bonds is 4. The van der Waals surface area contributed by atoms with Crippen molar-refractivity contribution in [2.75, 3.05) is 19.6 Å². The Hall–Kier alpha value is -2.06. The molecule has 2 aliphatic rings. The molecule has 1 aromatic heterocycles. The van der Waals surface area contributed by atoms with Gasteiger partial charge in [0.2, 0.25) is 0 Å². The Morgan fingerprint density at radius 3 is 2.50 bits per heavy atom. The van der Waals surface area contributed by atoms with Gasteiger partial charge in [0.15, 0.2) is 0 Å². The first kappa shape index (κ1) is 16.1. The first-order valence-electron chi connectivity index (χ1n) is 10.3. The Morgan fingerprint density at radius 2 is 1.62 bits per heavy atom. The second-order valence-corrected chi connectivity index (χ2v) is 7.99. The van der Waals surface area contributed by atoms with Gasteiger partial charge in [-0.25, -0.2) is 0 Å². The van der Waals surface area contributed by atoms with Crippen LogP contribution in [0.5, 0.6) is 0 Å². The van der Waals surface area contributed by atoms with Crippen molar-refractivity contribution < 1.29 is 0 Å². The first-order valence-corrected chi connectivity index (χ1v) is 10.3. The predicted octanol–water partition coefficient (Wildman–Crippen LogP) is 5.28. The van der Waals surface area contributed by atoms with E-state index in [1.807, 2.05) is 0 Å². The fraction of sp³-hybridized carbons (Fsp3) is 0.417. The molecule has 1 aliphatic heterocycles. The van der Waals surface area contributed by atoms with Gasteiger partial charge in [0.25, 0.3) is 0 Å². The largest absolute Gasteiger partial charge is 0.346 e. The van der Waals surface area contributed by atoms with E-state index in [0.717, 1.165) is 6.54 Å². The number of aryl methyl sites for hydroxylation is 2. The van der Waals surface area contributed by atoms with Crippen LogP contribution in [0.3, 0.4) is 0 Å². The molecular weight excluding hydrogens is 316 g/mol. The average Bonchev–Trinajstić information content (AvgIpc) is 3.35. The fourth-order valence-corrected chi connectivity index (χ4v) is 4.83. The molecule has 1 saturated heterocycles. The van der Waals surface area contributed by atoms with Crippen molar-refractivity contribution in [2.24, 2.45) is 0 Å². The summed E-state index contributed by atoms with van der Waals surface area (Å²) in [5.41, 5.74) is 7.28. The Balaban J connectivity index is 1.47. The molecule has 0 unspecified atom stereocenters. The van der Waals surface area contributed by atoms with E-state index in [9.17, 15) is 0 Å². The lowest BCUT2D eigenvalue weighted by atomic mass is 9.88. The molecule has 1 fully saturated rings. The van der Waals surface area contributed by atoms with Crippen LogP contribution in [0.1, 0.15) is 36.8 Å². The van der Waals surface area contributed by atoms with Gasteiger partial charge in [-0.05, 0) is 86.0 Å². The number of fused-ring (bicyclic) bond motifs is 2. The molecule has 3 aromatic rings. The minimum Gasteiger partial charge on any atom is -0.346 e. The molecule has 0 spiro atoms. The summed E-state index contributed by atoms with van der Waals surface area (Å²) >= 11 is 0. The Bertz CT molecular complexity index is 915. The molecule has 2 nitrogen and oxygen atoms in total. The minimum atomic E-state index is 1.09. The quantitative estimate of drug-likeness (QED) is 0.625. The SMILES string of the molecule is c1cc(-c2ccc3c(c2)CCCC3)c2ccn(CCN3CCCC3)c2c1. The van der Waals surface area contributed by atoms with E-state index < -0.39 is 0 Å². The maximum atomic E-state index is 2.60.